The summed E-state index contributed by atoms with van der Waals surface area (Å²) in [6.07, 6.45) is 1.74. The lowest BCUT2D eigenvalue weighted by Gasteiger charge is -2.06. The molecule has 0 saturated carbocycles. The zero-order valence-corrected chi connectivity index (χ0v) is 10.7. The SMILES string of the molecule is CC(C)CCS(=O)(=O)c1ccc(B(O)O)cn1. The molecule has 0 atom stereocenters. The van der Waals surface area contributed by atoms with Gasteiger partial charge in [-0.25, -0.2) is 13.4 Å². The van der Waals surface area contributed by atoms with Crippen LogP contribution in [0.15, 0.2) is 23.4 Å². The van der Waals surface area contributed by atoms with Crippen LogP contribution in [0.2, 0.25) is 0 Å². The quantitative estimate of drug-likeness (QED) is 0.699. The summed E-state index contributed by atoms with van der Waals surface area (Å²) in [6, 6.07) is 2.64. The molecule has 0 radical (unpaired) electrons. The fourth-order valence-electron chi connectivity index (χ4n) is 1.22. The van der Waals surface area contributed by atoms with Gasteiger partial charge in [-0.15, -0.1) is 0 Å². The van der Waals surface area contributed by atoms with E-state index in [-0.39, 0.29) is 16.2 Å². The Morgan fingerprint density at radius 3 is 2.41 bits per heavy atom. The Morgan fingerprint density at radius 2 is 2.00 bits per heavy atom. The van der Waals surface area contributed by atoms with E-state index in [0.29, 0.717) is 12.3 Å². The van der Waals surface area contributed by atoms with Crippen LogP contribution in [-0.4, -0.2) is 36.3 Å². The molecule has 0 saturated heterocycles. The molecule has 7 heteroatoms. The lowest BCUT2D eigenvalue weighted by molar-refractivity contribution is 0.425. The molecular formula is C10H16BNO4S. The molecule has 0 aromatic carbocycles. The smallest absolute Gasteiger partial charge is 0.423 e. The molecule has 1 heterocycles. The maximum atomic E-state index is 11.8. The van der Waals surface area contributed by atoms with Crippen LogP contribution >= 0.6 is 0 Å². The van der Waals surface area contributed by atoms with Gasteiger partial charge in [-0.1, -0.05) is 19.9 Å². The van der Waals surface area contributed by atoms with Gasteiger partial charge < -0.3 is 10.0 Å². The Balaban J connectivity index is 2.85. The van der Waals surface area contributed by atoms with Crippen molar-refractivity contribution in [3.63, 3.8) is 0 Å². The fraction of sp³-hybridized carbons (Fsp3) is 0.500. The molecule has 2 N–H and O–H groups in total. The molecule has 1 rings (SSSR count). The van der Waals surface area contributed by atoms with Crippen molar-refractivity contribution < 1.29 is 18.5 Å². The number of hydrogen-bond acceptors (Lipinski definition) is 5. The summed E-state index contributed by atoms with van der Waals surface area (Å²) in [6.45, 7) is 3.91. The first kappa shape index (κ1) is 14.1. The highest BCUT2D eigenvalue weighted by Crippen LogP contribution is 2.10. The molecule has 17 heavy (non-hydrogen) atoms. The molecule has 1 aromatic heterocycles. The molecule has 0 unspecified atom stereocenters. The van der Waals surface area contributed by atoms with Crippen molar-refractivity contribution in [2.75, 3.05) is 5.75 Å². The van der Waals surface area contributed by atoms with Gasteiger partial charge in [-0.3, -0.25) is 0 Å². The van der Waals surface area contributed by atoms with Crippen LogP contribution in [0.3, 0.4) is 0 Å². The molecule has 0 fully saturated rings. The summed E-state index contributed by atoms with van der Waals surface area (Å²) in [4.78, 5) is 3.74. The van der Waals surface area contributed by atoms with Crippen molar-refractivity contribution >= 4 is 22.4 Å². The maximum Gasteiger partial charge on any atom is 0.490 e. The average Bonchev–Trinajstić information content (AvgIpc) is 2.27. The highest BCUT2D eigenvalue weighted by molar-refractivity contribution is 7.91. The van der Waals surface area contributed by atoms with Crippen LogP contribution in [0.1, 0.15) is 20.3 Å². The topological polar surface area (TPSA) is 87.5 Å². The second-order valence-electron chi connectivity index (χ2n) is 4.30. The standard InChI is InChI=1S/C10H16BNO4S/c1-8(2)5-6-17(15,16)10-4-3-9(7-12-10)11(13)14/h3-4,7-8,13-14H,5-6H2,1-2H3. The first-order valence-electron chi connectivity index (χ1n) is 5.38. The number of sulfone groups is 1. The van der Waals surface area contributed by atoms with Crippen molar-refractivity contribution in [3.8, 4) is 0 Å². The molecule has 1 aromatic rings. The number of hydrogen-bond donors (Lipinski definition) is 2. The van der Waals surface area contributed by atoms with Gasteiger partial charge in [0.25, 0.3) is 0 Å². The van der Waals surface area contributed by atoms with E-state index in [1.165, 1.54) is 12.1 Å². The van der Waals surface area contributed by atoms with Crippen molar-refractivity contribution in [3.05, 3.63) is 18.3 Å². The molecule has 0 aliphatic heterocycles. The van der Waals surface area contributed by atoms with Crippen LogP contribution < -0.4 is 5.46 Å². The Bertz CT molecular complexity index is 456. The summed E-state index contributed by atoms with van der Waals surface area (Å²) < 4.78 is 23.7. The molecule has 0 bridgehead atoms. The number of rotatable bonds is 5. The van der Waals surface area contributed by atoms with E-state index in [1.807, 2.05) is 13.8 Å². The minimum atomic E-state index is -3.37. The first-order valence-corrected chi connectivity index (χ1v) is 7.03. The van der Waals surface area contributed by atoms with Crippen LogP contribution in [0.5, 0.6) is 0 Å². The number of aromatic nitrogens is 1. The van der Waals surface area contributed by atoms with Crippen LogP contribution in [0.25, 0.3) is 0 Å². The molecule has 5 nitrogen and oxygen atoms in total. The molecule has 0 spiro atoms. The third kappa shape index (κ3) is 4.10. The van der Waals surface area contributed by atoms with Gasteiger partial charge in [-0.2, -0.15) is 0 Å². The Labute approximate surface area is 102 Å². The summed E-state index contributed by atoms with van der Waals surface area (Å²) >= 11 is 0. The van der Waals surface area contributed by atoms with E-state index in [0.717, 1.165) is 6.20 Å². The molecule has 0 aliphatic rings. The van der Waals surface area contributed by atoms with Crippen LogP contribution in [0, 0.1) is 5.92 Å². The number of pyridine rings is 1. The third-order valence-corrected chi connectivity index (χ3v) is 3.99. The second-order valence-corrected chi connectivity index (χ2v) is 6.36. The molecule has 0 amide bonds. The third-order valence-electron chi connectivity index (χ3n) is 2.34. The van der Waals surface area contributed by atoms with Crippen molar-refractivity contribution in [2.45, 2.75) is 25.3 Å². The molecular weight excluding hydrogens is 241 g/mol. The summed E-state index contributed by atoms with van der Waals surface area (Å²) in [7, 11) is -5.00. The first-order chi connectivity index (χ1) is 7.83. The lowest BCUT2D eigenvalue weighted by Crippen LogP contribution is -2.30. The van der Waals surface area contributed by atoms with E-state index in [9.17, 15) is 8.42 Å². The van der Waals surface area contributed by atoms with Gasteiger partial charge in [-0.05, 0) is 18.4 Å². The lowest BCUT2D eigenvalue weighted by atomic mass is 9.82. The summed E-state index contributed by atoms with van der Waals surface area (Å²) in [5, 5.41) is 17.7. The zero-order valence-electron chi connectivity index (χ0n) is 9.87. The summed E-state index contributed by atoms with van der Waals surface area (Å²) in [5.74, 6) is 0.363. The predicted molar refractivity (Wildman–Crippen MR) is 65.6 cm³/mol. The Morgan fingerprint density at radius 1 is 1.35 bits per heavy atom. The minimum absolute atomic E-state index is 0.0254. The van der Waals surface area contributed by atoms with Gasteiger partial charge in [0.05, 0.1) is 5.75 Å². The predicted octanol–water partition coefficient (Wildman–Crippen LogP) is -0.419. The molecule has 0 aliphatic carbocycles. The number of nitrogens with zero attached hydrogens (tertiary/aromatic N) is 1. The highest BCUT2D eigenvalue weighted by Gasteiger charge is 2.18. The van der Waals surface area contributed by atoms with E-state index in [1.54, 1.807) is 0 Å². The zero-order chi connectivity index (χ0) is 13.1. The van der Waals surface area contributed by atoms with Gasteiger partial charge in [0, 0.05) is 11.7 Å². The van der Waals surface area contributed by atoms with E-state index in [4.69, 9.17) is 10.0 Å². The van der Waals surface area contributed by atoms with E-state index in [2.05, 4.69) is 4.98 Å². The summed E-state index contributed by atoms with van der Waals surface area (Å²) in [5.41, 5.74) is 0.174. The largest absolute Gasteiger partial charge is 0.490 e. The van der Waals surface area contributed by atoms with Gasteiger partial charge >= 0.3 is 7.12 Å². The monoisotopic (exact) mass is 257 g/mol. The van der Waals surface area contributed by atoms with Crippen LogP contribution in [-0.2, 0) is 9.84 Å². The van der Waals surface area contributed by atoms with Gasteiger partial charge in [0.15, 0.2) is 14.9 Å². The molecule has 94 valence electrons. The maximum absolute atomic E-state index is 11.8. The Kier molecular flexibility index (Phi) is 4.67. The van der Waals surface area contributed by atoms with E-state index < -0.39 is 17.0 Å². The van der Waals surface area contributed by atoms with Crippen LogP contribution in [0.4, 0.5) is 0 Å². The van der Waals surface area contributed by atoms with Crippen molar-refractivity contribution in [1.29, 1.82) is 0 Å². The Hall–Kier alpha value is -0.915. The van der Waals surface area contributed by atoms with Crippen molar-refractivity contribution in [1.82, 2.24) is 4.98 Å². The average molecular weight is 257 g/mol. The second kappa shape index (κ2) is 5.62. The highest BCUT2D eigenvalue weighted by atomic mass is 32.2. The normalized spacial score (nSPS) is 11.8. The van der Waals surface area contributed by atoms with E-state index >= 15 is 0 Å². The van der Waals surface area contributed by atoms with Gasteiger partial charge in [0.2, 0.25) is 0 Å². The van der Waals surface area contributed by atoms with Gasteiger partial charge in [0.1, 0.15) is 0 Å². The van der Waals surface area contributed by atoms with Crippen molar-refractivity contribution in [2.24, 2.45) is 5.92 Å². The minimum Gasteiger partial charge on any atom is -0.423 e. The fourth-order valence-corrected chi connectivity index (χ4v) is 2.70.